The summed E-state index contributed by atoms with van der Waals surface area (Å²) in [7, 11) is 0. The number of carbonyl (C=O) groups is 1. The smallest absolute Gasteiger partial charge is 0.237 e. The molecule has 0 aromatic heterocycles. The number of amides is 1. The molecule has 4 nitrogen and oxygen atoms in total. The normalized spacial score (nSPS) is 19.9. The highest BCUT2D eigenvalue weighted by atomic mass is 16.3. The van der Waals surface area contributed by atoms with Crippen molar-refractivity contribution in [3.8, 4) is 0 Å². The highest BCUT2D eigenvalue weighted by Gasteiger charge is 2.26. The summed E-state index contributed by atoms with van der Waals surface area (Å²) in [5.74, 6) is 0.201. The summed E-state index contributed by atoms with van der Waals surface area (Å²) in [5, 5.41) is 15.4. The topological polar surface area (TPSA) is 61.4 Å². The van der Waals surface area contributed by atoms with Gasteiger partial charge in [0.1, 0.15) is 0 Å². The van der Waals surface area contributed by atoms with Crippen molar-refractivity contribution < 1.29 is 9.90 Å². The van der Waals surface area contributed by atoms with E-state index in [1.54, 1.807) is 0 Å². The molecule has 0 saturated heterocycles. The lowest BCUT2D eigenvalue weighted by molar-refractivity contribution is -0.124. The van der Waals surface area contributed by atoms with Crippen LogP contribution >= 0.6 is 0 Å². The molecule has 0 fully saturated rings. The van der Waals surface area contributed by atoms with Crippen molar-refractivity contribution in [2.45, 2.75) is 38.9 Å². The average molecular weight is 262 g/mol. The highest BCUT2D eigenvalue weighted by Crippen LogP contribution is 2.16. The monoisotopic (exact) mass is 262 g/mol. The molecule has 1 amide bonds. The Morgan fingerprint density at radius 1 is 1.42 bits per heavy atom. The molecule has 104 valence electrons. The van der Waals surface area contributed by atoms with Crippen LogP contribution in [0.4, 0.5) is 0 Å². The van der Waals surface area contributed by atoms with Crippen molar-refractivity contribution in [1.29, 1.82) is 0 Å². The van der Waals surface area contributed by atoms with Crippen molar-refractivity contribution in [3.05, 3.63) is 35.4 Å². The number of benzene rings is 1. The first-order chi connectivity index (χ1) is 9.11. The van der Waals surface area contributed by atoms with Crippen molar-refractivity contribution >= 4 is 5.91 Å². The van der Waals surface area contributed by atoms with Crippen molar-refractivity contribution in [1.82, 2.24) is 10.6 Å². The summed E-state index contributed by atoms with van der Waals surface area (Å²) in [5.41, 5.74) is 2.49. The number of aliphatic hydroxyl groups excluding tert-OH is 1. The Hall–Kier alpha value is -1.39. The molecule has 2 rings (SSSR count). The van der Waals surface area contributed by atoms with Crippen LogP contribution in [-0.2, 0) is 17.8 Å². The van der Waals surface area contributed by atoms with Gasteiger partial charge in [0.2, 0.25) is 5.91 Å². The summed E-state index contributed by atoms with van der Waals surface area (Å²) < 4.78 is 0. The molecule has 1 aromatic carbocycles. The second kappa shape index (κ2) is 6.17. The van der Waals surface area contributed by atoms with Crippen LogP contribution in [0.3, 0.4) is 0 Å². The van der Waals surface area contributed by atoms with E-state index in [1.807, 2.05) is 26.0 Å². The molecule has 19 heavy (non-hydrogen) atoms. The molecule has 2 atom stereocenters. The molecule has 0 saturated carbocycles. The van der Waals surface area contributed by atoms with E-state index in [9.17, 15) is 9.90 Å². The maximum Gasteiger partial charge on any atom is 0.237 e. The molecule has 1 aromatic rings. The zero-order valence-corrected chi connectivity index (χ0v) is 11.5. The standard InChI is InChI=1S/C15H22N2O2/c1-10(2)14(9-18)17-15(19)13-7-11-5-3-4-6-12(11)8-16-13/h3-6,10,13-14,16,18H,7-9H2,1-2H3,(H,17,19)/t13-,14+/m0/s1. The molecule has 0 radical (unpaired) electrons. The zero-order chi connectivity index (χ0) is 13.8. The van der Waals surface area contributed by atoms with Crippen molar-refractivity contribution in [2.75, 3.05) is 6.61 Å². The van der Waals surface area contributed by atoms with E-state index in [0.717, 1.165) is 6.54 Å². The third kappa shape index (κ3) is 3.33. The van der Waals surface area contributed by atoms with Crippen molar-refractivity contribution in [2.24, 2.45) is 5.92 Å². The largest absolute Gasteiger partial charge is 0.394 e. The molecule has 1 aliphatic rings. The van der Waals surface area contributed by atoms with Gasteiger partial charge in [-0.2, -0.15) is 0 Å². The number of carbonyl (C=O) groups excluding carboxylic acids is 1. The van der Waals surface area contributed by atoms with Crippen LogP contribution in [0.15, 0.2) is 24.3 Å². The molecule has 1 heterocycles. The van der Waals surface area contributed by atoms with Gasteiger partial charge < -0.3 is 15.7 Å². The summed E-state index contributed by atoms with van der Waals surface area (Å²) in [6.07, 6.45) is 0.707. The fourth-order valence-corrected chi connectivity index (χ4v) is 2.35. The quantitative estimate of drug-likeness (QED) is 0.753. The van der Waals surface area contributed by atoms with Gasteiger partial charge in [-0.15, -0.1) is 0 Å². The number of hydrogen-bond donors (Lipinski definition) is 3. The predicted octanol–water partition coefficient (Wildman–Crippen LogP) is 0.834. The molecule has 0 spiro atoms. The number of hydrogen-bond acceptors (Lipinski definition) is 3. The second-order valence-corrected chi connectivity index (χ2v) is 5.45. The highest BCUT2D eigenvalue weighted by molar-refractivity contribution is 5.82. The Balaban J connectivity index is 1.99. The molecular weight excluding hydrogens is 240 g/mol. The number of fused-ring (bicyclic) bond motifs is 1. The molecule has 0 bridgehead atoms. The Bertz CT molecular complexity index is 446. The Morgan fingerprint density at radius 2 is 2.11 bits per heavy atom. The third-order valence-corrected chi connectivity index (χ3v) is 3.73. The van der Waals surface area contributed by atoms with Gasteiger partial charge in [0, 0.05) is 6.54 Å². The van der Waals surface area contributed by atoms with Crippen molar-refractivity contribution in [3.63, 3.8) is 0 Å². The summed E-state index contributed by atoms with van der Waals surface area (Å²) in [6, 6.07) is 7.79. The first-order valence-corrected chi connectivity index (χ1v) is 6.83. The van der Waals surface area contributed by atoms with E-state index < -0.39 is 0 Å². The van der Waals surface area contributed by atoms with Crippen LogP contribution in [0.1, 0.15) is 25.0 Å². The molecule has 0 unspecified atom stereocenters. The SMILES string of the molecule is CC(C)[C@@H](CO)NC(=O)[C@@H]1Cc2ccccc2CN1. The minimum atomic E-state index is -0.206. The maximum atomic E-state index is 12.2. The van der Waals surface area contributed by atoms with E-state index in [0.29, 0.717) is 6.42 Å². The number of nitrogens with one attached hydrogen (secondary N) is 2. The van der Waals surface area contributed by atoms with E-state index in [1.165, 1.54) is 11.1 Å². The van der Waals surface area contributed by atoms with Crippen LogP contribution in [0.2, 0.25) is 0 Å². The van der Waals surface area contributed by atoms with Crippen LogP contribution in [-0.4, -0.2) is 29.7 Å². The Kier molecular flexibility index (Phi) is 4.56. The summed E-state index contributed by atoms with van der Waals surface area (Å²) >= 11 is 0. The Morgan fingerprint density at radius 3 is 2.74 bits per heavy atom. The second-order valence-electron chi connectivity index (χ2n) is 5.45. The number of rotatable bonds is 4. The molecule has 0 aliphatic carbocycles. The summed E-state index contributed by atoms with van der Waals surface area (Å²) in [4.78, 5) is 12.2. The lowest BCUT2D eigenvalue weighted by Gasteiger charge is -2.28. The molecule has 1 aliphatic heterocycles. The van der Waals surface area contributed by atoms with E-state index >= 15 is 0 Å². The van der Waals surface area contributed by atoms with E-state index in [-0.39, 0.29) is 30.5 Å². The third-order valence-electron chi connectivity index (χ3n) is 3.73. The minimum Gasteiger partial charge on any atom is -0.394 e. The first-order valence-electron chi connectivity index (χ1n) is 6.83. The maximum absolute atomic E-state index is 12.2. The van der Waals surface area contributed by atoms with Gasteiger partial charge >= 0.3 is 0 Å². The van der Waals surface area contributed by atoms with Gasteiger partial charge in [-0.1, -0.05) is 38.1 Å². The van der Waals surface area contributed by atoms with Crippen LogP contribution in [0, 0.1) is 5.92 Å². The van der Waals surface area contributed by atoms with Gasteiger partial charge in [0.25, 0.3) is 0 Å². The Labute approximate surface area is 114 Å². The van der Waals surface area contributed by atoms with Crippen LogP contribution in [0.5, 0.6) is 0 Å². The fraction of sp³-hybridized carbons (Fsp3) is 0.533. The summed E-state index contributed by atoms with van der Waals surface area (Å²) in [6.45, 7) is 4.68. The van der Waals surface area contributed by atoms with E-state index in [4.69, 9.17) is 0 Å². The molecule has 4 heteroatoms. The lowest BCUT2D eigenvalue weighted by atomic mass is 9.95. The molecular formula is C15H22N2O2. The van der Waals surface area contributed by atoms with Gasteiger partial charge in [-0.05, 0) is 23.5 Å². The van der Waals surface area contributed by atoms with Gasteiger partial charge in [0.05, 0.1) is 18.7 Å². The van der Waals surface area contributed by atoms with E-state index in [2.05, 4.69) is 22.8 Å². The van der Waals surface area contributed by atoms with Gasteiger partial charge in [0.15, 0.2) is 0 Å². The van der Waals surface area contributed by atoms with Crippen LogP contribution in [0.25, 0.3) is 0 Å². The zero-order valence-electron chi connectivity index (χ0n) is 11.5. The molecule has 3 N–H and O–H groups in total. The minimum absolute atomic E-state index is 0.0211. The van der Waals surface area contributed by atoms with Gasteiger partial charge in [-0.3, -0.25) is 4.79 Å². The fourth-order valence-electron chi connectivity index (χ4n) is 2.35. The number of aliphatic hydroxyl groups is 1. The first kappa shape index (κ1) is 14.0. The van der Waals surface area contributed by atoms with Crippen LogP contribution < -0.4 is 10.6 Å². The lowest BCUT2D eigenvalue weighted by Crippen LogP contribution is -2.52. The average Bonchev–Trinajstić information content (AvgIpc) is 2.43. The predicted molar refractivity (Wildman–Crippen MR) is 74.6 cm³/mol. The van der Waals surface area contributed by atoms with Gasteiger partial charge in [-0.25, -0.2) is 0 Å².